The van der Waals surface area contributed by atoms with Gasteiger partial charge in [0.25, 0.3) is 5.69 Å². The van der Waals surface area contributed by atoms with Gasteiger partial charge in [-0.1, -0.05) is 19.1 Å². The zero-order chi connectivity index (χ0) is 19.5. The van der Waals surface area contributed by atoms with E-state index in [0.29, 0.717) is 6.92 Å². The number of nitrogens with one attached hydrogen (secondary N) is 1. The van der Waals surface area contributed by atoms with Crippen molar-refractivity contribution in [3.05, 3.63) is 39.9 Å². The number of alkyl halides is 6. The number of carbonyl (C=O) groups excluding carboxylic acids is 1. The summed E-state index contributed by atoms with van der Waals surface area (Å²) in [6, 6.07) is 4.80. The molecule has 140 valence electrons. The van der Waals surface area contributed by atoms with E-state index in [1.165, 1.54) is 12.1 Å². The number of para-hydroxylation sites is 1. The number of benzene rings is 1. The molecule has 1 amide bonds. The first kappa shape index (κ1) is 20.5. The number of nitro benzene ring substituents is 1. The minimum absolute atomic E-state index is 0.191. The fourth-order valence-corrected chi connectivity index (χ4v) is 1.96. The molecule has 0 fully saturated rings. The number of amides is 1. The maximum absolute atomic E-state index is 12.9. The predicted molar refractivity (Wildman–Crippen MR) is 71.5 cm³/mol. The number of hydrogen-bond donors (Lipinski definition) is 1. The zero-order valence-corrected chi connectivity index (χ0v) is 12.6. The van der Waals surface area contributed by atoms with Gasteiger partial charge < -0.3 is 4.74 Å². The van der Waals surface area contributed by atoms with Crippen LogP contribution in [-0.2, 0) is 11.3 Å². The molecule has 1 aromatic rings. The van der Waals surface area contributed by atoms with Crippen LogP contribution in [0.15, 0.2) is 24.3 Å². The lowest BCUT2D eigenvalue weighted by Crippen LogP contribution is -2.67. The molecule has 1 aromatic carbocycles. The summed E-state index contributed by atoms with van der Waals surface area (Å²) in [7, 11) is 0. The van der Waals surface area contributed by atoms with Crippen LogP contribution in [0.25, 0.3) is 0 Å². The average Bonchev–Trinajstić information content (AvgIpc) is 2.48. The van der Waals surface area contributed by atoms with Crippen molar-refractivity contribution in [2.24, 2.45) is 0 Å². The first-order chi connectivity index (χ1) is 11.4. The SMILES string of the molecule is CCC(NC(=O)OCc1ccccc1[N+](=O)[O-])(C(F)(F)F)C(F)(F)F. The van der Waals surface area contributed by atoms with Crippen molar-refractivity contribution in [1.82, 2.24) is 5.32 Å². The molecule has 0 saturated carbocycles. The summed E-state index contributed by atoms with van der Waals surface area (Å²) in [5, 5.41) is 11.6. The third-order valence-electron chi connectivity index (χ3n) is 3.36. The quantitative estimate of drug-likeness (QED) is 0.478. The van der Waals surface area contributed by atoms with Gasteiger partial charge in [0.1, 0.15) is 6.61 Å². The summed E-state index contributed by atoms with van der Waals surface area (Å²) in [4.78, 5) is 21.4. The van der Waals surface area contributed by atoms with Crippen molar-refractivity contribution in [3.63, 3.8) is 0 Å². The van der Waals surface area contributed by atoms with E-state index in [9.17, 15) is 41.3 Å². The molecule has 0 bridgehead atoms. The fourth-order valence-electron chi connectivity index (χ4n) is 1.96. The average molecular weight is 374 g/mol. The number of ether oxygens (including phenoxy) is 1. The lowest BCUT2D eigenvalue weighted by molar-refractivity contribution is -0.385. The van der Waals surface area contributed by atoms with E-state index in [4.69, 9.17) is 0 Å². The van der Waals surface area contributed by atoms with Crippen LogP contribution in [0.2, 0.25) is 0 Å². The summed E-state index contributed by atoms with van der Waals surface area (Å²) in [5.41, 5.74) is -5.17. The van der Waals surface area contributed by atoms with Gasteiger partial charge in [-0.25, -0.2) is 4.79 Å². The summed E-state index contributed by atoms with van der Waals surface area (Å²) >= 11 is 0. The molecule has 0 aliphatic rings. The molecule has 25 heavy (non-hydrogen) atoms. The third kappa shape index (κ3) is 4.31. The monoisotopic (exact) mass is 374 g/mol. The van der Waals surface area contributed by atoms with E-state index < -0.39 is 47.6 Å². The predicted octanol–water partition coefficient (Wildman–Crippen LogP) is 4.09. The highest BCUT2D eigenvalue weighted by Crippen LogP contribution is 2.45. The van der Waals surface area contributed by atoms with E-state index in [0.717, 1.165) is 17.4 Å². The number of alkyl carbamates (subject to hydrolysis) is 1. The van der Waals surface area contributed by atoms with Crippen LogP contribution in [0, 0.1) is 10.1 Å². The second kappa shape index (κ2) is 7.15. The number of rotatable bonds is 5. The molecule has 6 nitrogen and oxygen atoms in total. The van der Waals surface area contributed by atoms with E-state index in [-0.39, 0.29) is 5.56 Å². The van der Waals surface area contributed by atoms with Gasteiger partial charge in [-0.2, -0.15) is 26.3 Å². The first-order valence-corrected chi connectivity index (χ1v) is 6.66. The van der Waals surface area contributed by atoms with Gasteiger partial charge in [0, 0.05) is 6.07 Å². The maximum atomic E-state index is 12.9. The molecule has 0 radical (unpaired) electrons. The Hall–Kier alpha value is -2.53. The van der Waals surface area contributed by atoms with E-state index in [1.807, 2.05) is 0 Å². The van der Waals surface area contributed by atoms with Crippen LogP contribution < -0.4 is 5.32 Å². The van der Waals surface area contributed by atoms with Gasteiger partial charge in [0.05, 0.1) is 10.5 Å². The van der Waals surface area contributed by atoms with Crippen LogP contribution in [-0.4, -0.2) is 28.9 Å². The lowest BCUT2D eigenvalue weighted by atomic mass is 9.94. The van der Waals surface area contributed by atoms with Gasteiger partial charge >= 0.3 is 18.4 Å². The van der Waals surface area contributed by atoms with Crippen LogP contribution in [0.3, 0.4) is 0 Å². The Labute approximate surface area is 136 Å². The van der Waals surface area contributed by atoms with E-state index >= 15 is 0 Å². The normalized spacial score (nSPS) is 12.6. The van der Waals surface area contributed by atoms with Crippen molar-refractivity contribution in [3.8, 4) is 0 Å². The maximum Gasteiger partial charge on any atom is 0.420 e. The van der Waals surface area contributed by atoms with Gasteiger partial charge in [-0.05, 0) is 12.5 Å². The standard InChI is InChI=1S/C13H12F6N2O4/c1-2-11(12(14,15)16,13(17,18)19)20-10(22)25-7-8-5-3-4-6-9(8)21(23)24/h3-6H,2,7H2,1H3,(H,20,22). The molecule has 0 aliphatic heterocycles. The van der Waals surface area contributed by atoms with Crippen LogP contribution in [0.5, 0.6) is 0 Å². The Balaban J connectivity index is 2.96. The molecule has 0 unspecified atom stereocenters. The molecule has 0 aromatic heterocycles. The minimum Gasteiger partial charge on any atom is -0.444 e. The Morgan fingerprint density at radius 2 is 1.68 bits per heavy atom. The largest absolute Gasteiger partial charge is 0.444 e. The lowest BCUT2D eigenvalue weighted by Gasteiger charge is -2.36. The van der Waals surface area contributed by atoms with Gasteiger partial charge in [0.2, 0.25) is 5.54 Å². The van der Waals surface area contributed by atoms with E-state index in [1.54, 1.807) is 0 Å². The molecule has 1 N–H and O–H groups in total. The van der Waals surface area contributed by atoms with Crippen molar-refractivity contribution in [1.29, 1.82) is 0 Å². The molecule has 1 rings (SSSR count). The van der Waals surface area contributed by atoms with Crippen molar-refractivity contribution >= 4 is 11.8 Å². The fraction of sp³-hybridized carbons (Fsp3) is 0.462. The molecular formula is C13H12F6N2O4. The molecule has 0 heterocycles. The third-order valence-corrected chi connectivity index (χ3v) is 3.36. The summed E-state index contributed by atoms with van der Waals surface area (Å²) in [5.74, 6) is 0. The topological polar surface area (TPSA) is 81.5 Å². The van der Waals surface area contributed by atoms with E-state index in [2.05, 4.69) is 4.74 Å². The van der Waals surface area contributed by atoms with Gasteiger partial charge in [0.15, 0.2) is 0 Å². The smallest absolute Gasteiger partial charge is 0.420 e. The zero-order valence-electron chi connectivity index (χ0n) is 12.6. The number of nitro groups is 1. The van der Waals surface area contributed by atoms with Gasteiger partial charge in [-0.3, -0.25) is 15.4 Å². The summed E-state index contributed by atoms with van der Waals surface area (Å²) in [6.45, 7) is -0.276. The number of hydrogen-bond acceptors (Lipinski definition) is 4. The Kier molecular flexibility index (Phi) is 5.87. The highest BCUT2D eigenvalue weighted by molar-refractivity contribution is 5.69. The van der Waals surface area contributed by atoms with Crippen molar-refractivity contribution in [2.45, 2.75) is 37.8 Å². The van der Waals surface area contributed by atoms with Crippen LogP contribution in [0.4, 0.5) is 36.8 Å². The van der Waals surface area contributed by atoms with Crippen LogP contribution in [0.1, 0.15) is 18.9 Å². The second-order valence-corrected chi connectivity index (χ2v) is 4.84. The summed E-state index contributed by atoms with van der Waals surface area (Å²) < 4.78 is 81.6. The first-order valence-electron chi connectivity index (χ1n) is 6.66. The molecule has 0 aliphatic carbocycles. The second-order valence-electron chi connectivity index (χ2n) is 4.84. The number of halogens is 6. The Bertz CT molecular complexity index is 630. The highest BCUT2D eigenvalue weighted by Gasteiger charge is 2.70. The van der Waals surface area contributed by atoms with Crippen molar-refractivity contribution in [2.75, 3.05) is 0 Å². The highest BCUT2D eigenvalue weighted by atomic mass is 19.4. The molecule has 0 atom stereocenters. The van der Waals surface area contributed by atoms with Crippen molar-refractivity contribution < 1.29 is 40.8 Å². The molecule has 12 heteroatoms. The Morgan fingerprint density at radius 1 is 1.16 bits per heavy atom. The Morgan fingerprint density at radius 3 is 2.12 bits per heavy atom. The van der Waals surface area contributed by atoms with Crippen LogP contribution >= 0.6 is 0 Å². The number of carbonyl (C=O) groups is 1. The summed E-state index contributed by atoms with van der Waals surface area (Å²) in [6.07, 6.45) is -15.2. The molecule has 0 saturated heterocycles. The molecule has 0 spiro atoms. The minimum atomic E-state index is -5.82. The number of nitrogens with zero attached hydrogens (tertiary/aromatic N) is 1. The molecular weight excluding hydrogens is 362 g/mol. The van der Waals surface area contributed by atoms with Gasteiger partial charge in [-0.15, -0.1) is 0 Å².